The second kappa shape index (κ2) is 24.9. The Morgan fingerprint density at radius 3 is 0.758 bits per heavy atom. The molecule has 0 spiro atoms. The van der Waals surface area contributed by atoms with E-state index in [2.05, 4.69) is 220 Å². The van der Waals surface area contributed by atoms with Crippen molar-refractivity contribution in [3.8, 4) is 0 Å². The van der Waals surface area contributed by atoms with Crippen molar-refractivity contribution in [3.05, 3.63) is 156 Å². The van der Waals surface area contributed by atoms with E-state index in [1.807, 2.05) is 24.3 Å². The number of halogens is 2. The average Bonchev–Trinajstić information content (AvgIpc) is 3.97. The molecule has 0 unspecified atom stereocenters. The summed E-state index contributed by atoms with van der Waals surface area (Å²) in [4.78, 5) is 0. The standard InChI is InChI=1S/2C21H25.2C5H5.2C3H6.2FH.2Zr/c2*1-20(2,3)16-7-9-18-14(12-16)11-15-13-17(21(4,5)6)8-10-19(15)18;2*1-2-4-5-3-1;2*1-3-2;;;;/h2*7-13H,1-6H3;2*1-3H,4H2;2*1-2H3;2*1H;;/q4*-1;;;;;2*+2/p-2. The SMILES string of the molecule is CC(C)(C)c1ccc2c(c1)[cH-]c1cc(C(C)(C)C)ccc12.CC(C)(C)c1ccc2c(c1)[cH-]c1cc(C(C)(C)C)ccc12.C[C](C)=[Zr+2].C[C](C)=[Zr+2].[C-]1=CC=CC1.[C-]1=CC=CC1.[F-].[F-]. The van der Waals surface area contributed by atoms with Gasteiger partial charge >= 0.3 is 82.6 Å². The van der Waals surface area contributed by atoms with E-state index in [0.717, 1.165) is 12.8 Å². The third-order valence-corrected chi connectivity index (χ3v) is 10.0. The molecular weight excluding hydrogens is 917 g/mol. The van der Waals surface area contributed by atoms with Crippen LogP contribution in [0.2, 0.25) is 0 Å². The molecule has 6 aromatic carbocycles. The minimum Gasteiger partial charge on any atom is -1.00 e. The molecule has 0 aliphatic heterocycles. The van der Waals surface area contributed by atoms with E-state index in [0.29, 0.717) is 0 Å². The number of allylic oxidation sites excluding steroid dienone is 8. The van der Waals surface area contributed by atoms with Gasteiger partial charge in [0.15, 0.2) is 0 Å². The maximum Gasteiger partial charge on any atom is -0.109 e. The van der Waals surface area contributed by atoms with Crippen molar-refractivity contribution in [1.82, 2.24) is 0 Å². The Hall–Kier alpha value is -3.05. The zero-order chi connectivity index (χ0) is 45.1. The van der Waals surface area contributed by atoms with Gasteiger partial charge in [0.2, 0.25) is 0 Å². The molecule has 6 aromatic rings. The molecule has 0 saturated heterocycles. The predicted octanol–water partition coefficient (Wildman–Crippen LogP) is 10.7. The van der Waals surface area contributed by atoms with E-state index in [1.54, 1.807) is 48.5 Å². The van der Waals surface area contributed by atoms with Gasteiger partial charge in [-0.2, -0.15) is 12.2 Å². The predicted molar refractivity (Wildman–Crippen MR) is 265 cm³/mol. The maximum atomic E-state index is 2.99. The summed E-state index contributed by atoms with van der Waals surface area (Å²) in [5.41, 5.74) is 6.43. The third-order valence-electron chi connectivity index (χ3n) is 10.0. The van der Waals surface area contributed by atoms with Gasteiger partial charge < -0.3 is 9.41 Å². The van der Waals surface area contributed by atoms with Crippen molar-refractivity contribution in [1.29, 1.82) is 0 Å². The van der Waals surface area contributed by atoms with E-state index in [9.17, 15) is 0 Å². The monoisotopic (exact) mass is 986 g/mol. The Morgan fingerprint density at radius 1 is 0.419 bits per heavy atom. The Morgan fingerprint density at radius 2 is 0.629 bits per heavy atom. The summed E-state index contributed by atoms with van der Waals surface area (Å²) in [6.45, 7) is 35.8. The molecule has 0 radical (unpaired) electrons. The van der Waals surface area contributed by atoms with Crippen LogP contribution in [0.15, 0.2) is 121 Å². The first-order valence-corrected chi connectivity index (χ1v) is 24.0. The topological polar surface area (TPSA) is 0 Å². The molecule has 2 aliphatic rings. The Labute approximate surface area is 405 Å². The summed E-state index contributed by atoms with van der Waals surface area (Å²) >= 11 is 3.11. The van der Waals surface area contributed by atoms with Crippen LogP contribution in [0.4, 0.5) is 0 Å². The molecule has 0 N–H and O–H groups in total. The molecule has 4 heteroatoms. The zero-order valence-corrected chi connectivity index (χ0v) is 45.6. The first kappa shape index (κ1) is 57.0. The van der Waals surface area contributed by atoms with Crippen molar-refractivity contribution < 1.29 is 57.9 Å². The van der Waals surface area contributed by atoms with Crippen LogP contribution < -0.4 is 9.41 Å². The Kier molecular flexibility index (Phi) is 22.8. The number of fused-ring (bicyclic) bond motifs is 6. The molecule has 62 heavy (non-hydrogen) atoms. The third kappa shape index (κ3) is 18.2. The van der Waals surface area contributed by atoms with E-state index in [-0.39, 0.29) is 31.1 Å². The molecule has 0 bridgehead atoms. The van der Waals surface area contributed by atoms with Gasteiger partial charge in [-0.15, -0.1) is 92.3 Å². The van der Waals surface area contributed by atoms with Crippen LogP contribution in [0.25, 0.3) is 43.1 Å². The molecule has 0 heterocycles. The van der Waals surface area contributed by atoms with Crippen molar-refractivity contribution in [3.63, 3.8) is 0 Å². The second-order valence-corrected chi connectivity index (χ2v) is 25.4. The fourth-order valence-corrected chi connectivity index (χ4v) is 6.59. The number of benzene rings is 4. The fraction of sp³-hybridized carbons (Fsp3) is 0.379. The molecule has 328 valence electrons. The molecule has 0 amide bonds. The minimum atomic E-state index is 0. The first-order valence-electron chi connectivity index (χ1n) is 21.5. The Bertz CT molecular complexity index is 2140. The van der Waals surface area contributed by atoms with Crippen molar-refractivity contribution in [2.75, 3.05) is 0 Å². The number of hydrogen-bond donors (Lipinski definition) is 0. The summed E-state index contributed by atoms with van der Waals surface area (Å²) in [5.74, 6) is 0. The van der Waals surface area contributed by atoms with E-state index in [1.165, 1.54) is 71.8 Å². The molecular formula is C58H72F2Zr2-2. The van der Waals surface area contributed by atoms with Gasteiger partial charge in [0.1, 0.15) is 0 Å². The molecule has 0 nitrogen and oxygen atoms in total. The average molecular weight is 990 g/mol. The Balaban J connectivity index is 0.000000434. The first-order chi connectivity index (χ1) is 27.8. The molecule has 2 aliphatic carbocycles. The van der Waals surface area contributed by atoms with Crippen molar-refractivity contribution in [2.24, 2.45) is 0 Å². The summed E-state index contributed by atoms with van der Waals surface area (Å²) in [6.07, 6.45) is 20.0. The normalized spacial score (nSPS) is 12.7. The zero-order valence-electron chi connectivity index (χ0n) is 40.7. The van der Waals surface area contributed by atoms with E-state index >= 15 is 0 Å². The van der Waals surface area contributed by atoms with Crippen LogP contribution in [-0.4, -0.2) is 6.41 Å². The number of hydrogen-bond acceptors (Lipinski definition) is 0. The van der Waals surface area contributed by atoms with Crippen LogP contribution in [0.5, 0.6) is 0 Å². The van der Waals surface area contributed by atoms with Gasteiger partial charge in [0, 0.05) is 0 Å². The van der Waals surface area contributed by atoms with Crippen LogP contribution in [0, 0.1) is 12.2 Å². The van der Waals surface area contributed by atoms with Crippen molar-refractivity contribution >= 4 is 49.5 Å². The summed E-state index contributed by atoms with van der Waals surface area (Å²) in [7, 11) is 0. The van der Waals surface area contributed by atoms with Gasteiger partial charge in [0.05, 0.1) is 0 Å². The molecule has 8 rings (SSSR count). The summed E-state index contributed by atoms with van der Waals surface area (Å²) in [5, 5.41) is 11.0. The van der Waals surface area contributed by atoms with E-state index in [4.69, 9.17) is 0 Å². The molecule has 0 fully saturated rings. The maximum absolute atomic E-state index is 2.99. The van der Waals surface area contributed by atoms with Crippen LogP contribution >= 0.6 is 0 Å². The molecule has 0 aromatic heterocycles. The molecule has 0 atom stereocenters. The van der Waals surface area contributed by atoms with Gasteiger partial charge in [-0.3, -0.25) is 12.2 Å². The van der Waals surface area contributed by atoms with Crippen LogP contribution in [0.1, 0.15) is 146 Å². The van der Waals surface area contributed by atoms with E-state index < -0.39 is 0 Å². The van der Waals surface area contributed by atoms with Gasteiger partial charge in [-0.1, -0.05) is 154 Å². The fourth-order valence-electron chi connectivity index (χ4n) is 6.59. The van der Waals surface area contributed by atoms with Gasteiger partial charge in [-0.05, 0) is 21.7 Å². The van der Waals surface area contributed by atoms with Crippen LogP contribution in [-0.2, 0) is 70.1 Å². The van der Waals surface area contributed by atoms with Crippen molar-refractivity contribution in [2.45, 2.75) is 145 Å². The smallest absolute Gasteiger partial charge is 0.109 e. The second-order valence-electron chi connectivity index (χ2n) is 20.5. The molecule has 0 saturated carbocycles. The summed E-state index contributed by atoms with van der Waals surface area (Å²) < 4.78 is 3.01. The van der Waals surface area contributed by atoms with Crippen LogP contribution in [0.3, 0.4) is 0 Å². The number of rotatable bonds is 0. The van der Waals surface area contributed by atoms with Gasteiger partial charge in [0.25, 0.3) is 0 Å². The largest absolute Gasteiger partial charge is 1.00 e. The quantitative estimate of drug-likeness (QED) is 0.133. The summed E-state index contributed by atoms with van der Waals surface area (Å²) in [6, 6.07) is 32.4. The van der Waals surface area contributed by atoms with Gasteiger partial charge in [-0.25, -0.2) is 24.3 Å². The minimum absolute atomic E-state index is 0.